The molecule has 3 nitrogen and oxygen atoms in total. The fraction of sp³-hybridized carbons (Fsp3) is 0.364. The molecule has 2 rings (SSSR count). The van der Waals surface area contributed by atoms with Crippen LogP contribution in [0, 0.1) is 0 Å². The molecule has 1 aliphatic rings. The van der Waals surface area contributed by atoms with E-state index in [1.165, 1.54) is 0 Å². The highest BCUT2D eigenvalue weighted by atomic mass is 19.3. The maximum Gasteiger partial charge on any atom is 0.408 e. The van der Waals surface area contributed by atoms with E-state index in [4.69, 9.17) is 0 Å². The fourth-order valence-corrected chi connectivity index (χ4v) is 1.74. The zero-order valence-electron chi connectivity index (χ0n) is 8.40. The Bertz CT molecular complexity index is 370. The Kier molecular flexibility index (Phi) is 3.03. The van der Waals surface area contributed by atoms with Crippen LogP contribution in [0.5, 0.6) is 0 Å². The van der Waals surface area contributed by atoms with Gasteiger partial charge < -0.3 is 10.1 Å². The molecule has 86 valence electrons. The van der Waals surface area contributed by atoms with Crippen LogP contribution in [0.25, 0.3) is 0 Å². The summed E-state index contributed by atoms with van der Waals surface area (Å²) >= 11 is 0. The van der Waals surface area contributed by atoms with Gasteiger partial charge in [0.2, 0.25) is 0 Å². The number of alkyl carbamates (subject to hydrolysis) is 1. The van der Waals surface area contributed by atoms with Crippen molar-refractivity contribution in [2.45, 2.75) is 25.0 Å². The standard InChI is InChI=1S/C11H11F2NO2/c12-10(13)9-8(14-11(15)16-9)6-7-4-2-1-3-5-7/h1-5,8-10H,6H2,(H,14,15)/t8-,9-/m0/s1. The van der Waals surface area contributed by atoms with Gasteiger partial charge in [0.15, 0.2) is 6.10 Å². The number of ether oxygens (including phenoxy) is 1. The largest absolute Gasteiger partial charge is 0.438 e. The second-order valence-electron chi connectivity index (χ2n) is 3.64. The first-order valence-electron chi connectivity index (χ1n) is 4.96. The van der Waals surface area contributed by atoms with E-state index >= 15 is 0 Å². The predicted octanol–water partition coefficient (Wildman–Crippen LogP) is 1.97. The molecule has 0 spiro atoms. The molecular weight excluding hydrogens is 216 g/mol. The van der Waals surface area contributed by atoms with Crippen molar-refractivity contribution in [3.8, 4) is 0 Å². The van der Waals surface area contributed by atoms with E-state index in [1.54, 1.807) is 0 Å². The summed E-state index contributed by atoms with van der Waals surface area (Å²) in [7, 11) is 0. The fourth-order valence-electron chi connectivity index (χ4n) is 1.74. The van der Waals surface area contributed by atoms with Crippen LogP contribution in [0.4, 0.5) is 13.6 Å². The molecular formula is C11H11F2NO2. The SMILES string of the molecule is O=C1N[C@@H](Cc2ccccc2)[C@@H](C(F)F)O1. The summed E-state index contributed by atoms with van der Waals surface area (Å²) in [6.45, 7) is 0. The lowest BCUT2D eigenvalue weighted by atomic mass is 10.0. The third-order valence-corrected chi connectivity index (χ3v) is 2.49. The summed E-state index contributed by atoms with van der Waals surface area (Å²) in [5.74, 6) is 0. The second kappa shape index (κ2) is 4.47. The summed E-state index contributed by atoms with van der Waals surface area (Å²) in [5.41, 5.74) is 0.893. The highest BCUT2D eigenvalue weighted by molar-refractivity contribution is 5.70. The van der Waals surface area contributed by atoms with Gasteiger partial charge >= 0.3 is 6.09 Å². The lowest BCUT2D eigenvalue weighted by Gasteiger charge is -2.15. The lowest BCUT2D eigenvalue weighted by Crippen LogP contribution is -2.37. The number of hydrogen-bond donors (Lipinski definition) is 1. The van der Waals surface area contributed by atoms with Crippen molar-refractivity contribution in [2.75, 3.05) is 0 Å². The van der Waals surface area contributed by atoms with Gasteiger partial charge in [0.05, 0.1) is 6.04 Å². The summed E-state index contributed by atoms with van der Waals surface area (Å²) in [6, 6.07) is 8.49. The van der Waals surface area contributed by atoms with E-state index < -0.39 is 24.7 Å². The molecule has 1 fully saturated rings. The average molecular weight is 227 g/mol. The smallest absolute Gasteiger partial charge is 0.408 e. The summed E-state index contributed by atoms with van der Waals surface area (Å²) in [5, 5.41) is 2.39. The minimum atomic E-state index is -2.66. The van der Waals surface area contributed by atoms with Crippen LogP contribution in [0.15, 0.2) is 30.3 Å². The van der Waals surface area contributed by atoms with Gasteiger partial charge in [-0.15, -0.1) is 0 Å². The monoisotopic (exact) mass is 227 g/mol. The van der Waals surface area contributed by atoms with Gasteiger partial charge in [-0.2, -0.15) is 0 Å². The van der Waals surface area contributed by atoms with E-state index in [0.717, 1.165) is 5.56 Å². The number of rotatable bonds is 3. The molecule has 1 amide bonds. The van der Waals surface area contributed by atoms with Crippen molar-refractivity contribution in [3.63, 3.8) is 0 Å². The first-order chi connectivity index (χ1) is 7.66. The number of carbonyl (C=O) groups is 1. The molecule has 0 unspecified atom stereocenters. The molecule has 0 radical (unpaired) electrons. The Morgan fingerprint density at radius 3 is 2.62 bits per heavy atom. The lowest BCUT2D eigenvalue weighted by molar-refractivity contribution is -0.00309. The molecule has 0 aliphatic carbocycles. The molecule has 1 aromatic rings. The first kappa shape index (κ1) is 10.9. The Labute approximate surface area is 91.4 Å². The van der Waals surface area contributed by atoms with Gasteiger partial charge in [0.25, 0.3) is 6.43 Å². The van der Waals surface area contributed by atoms with Crippen LogP contribution < -0.4 is 5.32 Å². The molecule has 1 aromatic carbocycles. The topological polar surface area (TPSA) is 38.3 Å². The zero-order valence-corrected chi connectivity index (χ0v) is 8.40. The van der Waals surface area contributed by atoms with E-state index in [1.807, 2.05) is 30.3 Å². The van der Waals surface area contributed by atoms with E-state index in [0.29, 0.717) is 6.42 Å². The maximum atomic E-state index is 12.5. The quantitative estimate of drug-likeness (QED) is 0.857. The Balaban J connectivity index is 2.06. The van der Waals surface area contributed by atoms with Crippen molar-refractivity contribution in [2.24, 2.45) is 0 Å². The van der Waals surface area contributed by atoms with E-state index in [2.05, 4.69) is 10.1 Å². The Morgan fingerprint density at radius 2 is 2.00 bits per heavy atom. The normalized spacial score (nSPS) is 24.3. The molecule has 1 saturated heterocycles. The van der Waals surface area contributed by atoms with Crippen molar-refractivity contribution < 1.29 is 18.3 Å². The summed E-state index contributed by atoms with van der Waals surface area (Å²) in [4.78, 5) is 10.9. The number of halogens is 2. The number of alkyl halides is 2. The zero-order chi connectivity index (χ0) is 11.5. The second-order valence-corrected chi connectivity index (χ2v) is 3.64. The highest BCUT2D eigenvalue weighted by Gasteiger charge is 2.40. The van der Waals surface area contributed by atoms with Crippen LogP contribution in [0.2, 0.25) is 0 Å². The van der Waals surface area contributed by atoms with Gasteiger partial charge in [-0.25, -0.2) is 13.6 Å². The van der Waals surface area contributed by atoms with Gasteiger partial charge in [0, 0.05) is 0 Å². The molecule has 0 saturated carbocycles. The van der Waals surface area contributed by atoms with Crippen molar-refractivity contribution in [1.29, 1.82) is 0 Å². The molecule has 2 atom stereocenters. The molecule has 0 bridgehead atoms. The van der Waals surface area contributed by atoms with E-state index in [-0.39, 0.29) is 0 Å². The van der Waals surface area contributed by atoms with Crippen molar-refractivity contribution in [1.82, 2.24) is 5.32 Å². The maximum absolute atomic E-state index is 12.5. The molecule has 16 heavy (non-hydrogen) atoms. The van der Waals surface area contributed by atoms with Crippen molar-refractivity contribution >= 4 is 6.09 Å². The van der Waals surface area contributed by atoms with Crippen LogP contribution >= 0.6 is 0 Å². The van der Waals surface area contributed by atoms with Crippen molar-refractivity contribution in [3.05, 3.63) is 35.9 Å². The molecule has 5 heteroatoms. The van der Waals surface area contributed by atoms with Crippen LogP contribution in [-0.2, 0) is 11.2 Å². The molecule has 1 aliphatic heterocycles. The number of hydrogen-bond acceptors (Lipinski definition) is 2. The van der Waals surface area contributed by atoms with Gasteiger partial charge in [-0.05, 0) is 12.0 Å². The predicted molar refractivity (Wildman–Crippen MR) is 53.3 cm³/mol. The Morgan fingerprint density at radius 1 is 1.31 bits per heavy atom. The van der Waals surface area contributed by atoms with E-state index in [9.17, 15) is 13.6 Å². The van der Waals surface area contributed by atoms with Gasteiger partial charge in [-0.1, -0.05) is 30.3 Å². The van der Waals surface area contributed by atoms with Crippen LogP contribution in [-0.4, -0.2) is 24.7 Å². The minimum absolute atomic E-state index is 0.349. The van der Waals surface area contributed by atoms with Crippen LogP contribution in [0.1, 0.15) is 5.56 Å². The molecule has 0 aromatic heterocycles. The first-order valence-corrected chi connectivity index (χ1v) is 4.96. The number of benzene rings is 1. The summed E-state index contributed by atoms with van der Waals surface area (Å²) in [6.07, 6.45) is -4.44. The minimum Gasteiger partial charge on any atom is -0.438 e. The number of cyclic esters (lactones) is 1. The van der Waals surface area contributed by atoms with Crippen LogP contribution in [0.3, 0.4) is 0 Å². The number of nitrogens with one attached hydrogen (secondary N) is 1. The third-order valence-electron chi connectivity index (χ3n) is 2.49. The summed E-state index contributed by atoms with van der Waals surface area (Å²) < 4.78 is 29.6. The van der Waals surface area contributed by atoms with Gasteiger partial charge in [-0.3, -0.25) is 0 Å². The number of amides is 1. The molecule has 1 heterocycles. The average Bonchev–Trinajstić information content (AvgIpc) is 2.61. The Hall–Kier alpha value is -1.65. The number of carbonyl (C=O) groups excluding carboxylic acids is 1. The third kappa shape index (κ3) is 2.29. The molecule has 1 N–H and O–H groups in total. The highest BCUT2D eigenvalue weighted by Crippen LogP contribution is 2.19. The van der Waals surface area contributed by atoms with Gasteiger partial charge in [0.1, 0.15) is 0 Å².